The molecule has 2 N–H and O–H groups in total. The molecular weight excluding hydrogens is 284 g/mol. The summed E-state index contributed by atoms with van der Waals surface area (Å²) in [6.07, 6.45) is 3.58. The van der Waals surface area contributed by atoms with Crippen molar-refractivity contribution in [3.8, 4) is 11.4 Å². The fourth-order valence-electron chi connectivity index (χ4n) is 2.79. The van der Waals surface area contributed by atoms with Gasteiger partial charge in [-0.3, -0.25) is 4.98 Å². The summed E-state index contributed by atoms with van der Waals surface area (Å²) in [5.41, 5.74) is 10.9. The van der Waals surface area contributed by atoms with Crippen molar-refractivity contribution in [2.24, 2.45) is 0 Å². The summed E-state index contributed by atoms with van der Waals surface area (Å²) in [5.74, 6) is 0.928. The highest BCUT2D eigenvalue weighted by Gasteiger charge is 2.13. The molecule has 0 amide bonds. The summed E-state index contributed by atoms with van der Waals surface area (Å²) in [4.78, 5) is 8.89. The van der Waals surface area contributed by atoms with Gasteiger partial charge >= 0.3 is 0 Å². The number of nitrogens with two attached hydrogens (primary N) is 1. The molecule has 4 aromatic rings. The maximum atomic E-state index is 5.92. The molecule has 2 aromatic carbocycles. The molecule has 0 aliphatic carbocycles. The highest BCUT2D eigenvalue weighted by Crippen LogP contribution is 2.26. The van der Waals surface area contributed by atoms with Gasteiger partial charge in [0.2, 0.25) is 0 Å². The highest BCUT2D eigenvalue weighted by molar-refractivity contribution is 5.83. The van der Waals surface area contributed by atoms with E-state index in [0.29, 0.717) is 0 Å². The first-order chi connectivity index (χ1) is 11.3. The molecule has 0 unspecified atom stereocenters. The Morgan fingerprint density at radius 2 is 1.70 bits per heavy atom. The van der Waals surface area contributed by atoms with Crippen LogP contribution in [0.15, 0.2) is 73.1 Å². The van der Waals surface area contributed by atoms with Crippen LogP contribution in [-0.4, -0.2) is 14.5 Å². The van der Waals surface area contributed by atoms with E-state index in [0.717, 1.165) is 34.7 Å². The lowest BCUT2D eigenvalue weighted by atomic mass is 10.2. The van der Waals surface area contributed by atoms with Crippen molar-refractivity contribution < 1.29 is 0 Å². The molecule has 0 radical (unpaired) electrons. The summed E-state index contributed by atoms with van der Waals surface area (Å²) >= 11 is 0. The van der Waals surface area contributed by atoms with Crippen LogP contribution in [-0.2, 0) is 6.54 Å². The molecule has 4 rings (SSSR count). The zero-order valence-corrected chi connectivity index (χ0v) is 12.6. The standard InChI is InChI=1S/C19H16N4/c20-16-6-7-18-17(12-16)22-19(15-8-10-21-11-9-15)23(18)13-14-4-2-1-3-5-14/h1-12H,13,20H2. The van der Waals surface area contributed by atoms with E-state index in [9.17, 15) is 0 Å². The molecule has 2 aromatic heterocycles. The van der Waals surface area contributed by atoms with Crippen LogP contribution in [0.2, 0.25) is 0 Å². The van der Waals surface area contributed by atoms with Crippen LogP contribution >= 0.6 is 0 Å². The third kappa shape index (κ3) is 2.55. The third-order valence-corrected chi connectivity index (χ3v) is 3.89. The molecule has 0 aliphatic rings. The van der Waals surface area contributed by atoms with E-state index in [4.69, 9.17) is 10.7 Å². The summed E-state index contributed by atoms with van der Waals surface area (Å²) in [5, 5.41) is 0. The maximum Gasteiger partial charge on any atom is 0.141 e. The molecule has 0 fully saturated rings. The Hall–Kier alpha value is -3.14. The van der Waals surface area contributed by atoms with Gasteiger partial charge in [0.15, 0.2) is 0 Å². The number of fused-ring (bicyclic) bond motifs is 1. The number of hydrogen-bond donors (Lipinski definition) is 1. The van der Waals surface area contributed by atoms with Gasteiger partial charge in [-0.15, -0.1) is 0 Å². The Kier molecular flexibility index (Phi) is 3.27. The average Bonchev–Trinajstić information content (AvgIpc) is 2.94. The Labute approximate surface area is 134 Å². The minimum atomic E-state index is 0.725. The molecule has 0 spiro atoms. The van der Waals surface area contributed by atoms with Crippen molar-refractivity contribution in [1.82, 2.24) is 14.5 Å². The van der Waals surface area contributed by atoms with Crippen LogP contribution < -0.4 is 5.73 Å². The van der Waals surface area contributed by atoms with E-state index in [-0.39, 0.29) is 0 Å². The summed E-state index contributed by atoms with van der Waals surface area (Å²) < 4.78 is 2.22. The monoisotopic (exact) mass is 300 g/mol. The van der Waals surface area contributed by atoms with Gasteiger partial charge in [0.05, 0.1) is 11.0 Å². The fourth-order valence-corrected chi connectivity index (χ4v) is 2.79. The number of hydrogen-bond acceptors (Lipinski definition) is 3. The lowest BCUT2D eigenvalue weighted by Gasteiger charge is -2.09. The number of nitrogens with zero attached hydrogens (tertiary/aromatic N) is 3. The quantitative estimate of drug-likeness (QED) is 0.587. The highest BCUT2D eigenvalue weighted by atomic mass is 15.1. The van der Waals surface area contributed by atoms with Gasteiger partial charge in [-0.2, -0.15) is 0 Å². The second kappa shape index (κ2) is 5.57. The van der Waals surface area contributed by atoms with Crippen molar-refractivity contribution in [3.63, 3.8) is 0 Å². The van der Waals surface area contributed by atoms with Crippen molar-refractivity contribution in [1.29, 1.82) is 0 Å². The molecule has 0 saturated carbocycles. The number of benzene rings is 2. The number of anilines is 1. The first-order valence-corrected chi connectivity index (χ1v) is 7.51. The van der Waals surface area contributed by atoms with Crippen molar-refractivity contribution in [2.45, 2.75) is 6.54 Å². The van der Waals surface area contributed by atoms with Crippen LogP contribution in [0.5, 0.6) is 0 Å². The van der Waals surface area contributed by atoms with E-state index in [1.165, 1.54) is 5.56 Å². The van der Waals surface area contributed by atoms with Crippen LogP contribution in [0.3, 0.4) is 0 Å². The second-order valence-electron chi connectivity index (χ2n) is 5.49. The molecule has 4 nitrogen and oxygen atoms in total. The van der Waals surface area contributed by atoms with E-state index >= 15 is 0 Å². The molecule has 2 heterocycles. The Bertz CT molecular complexity index is 943. The zero-order valence-electron chi connectivity index (χ0n) is 12.6. The van der Waals surface area contributed by atoms with Crippen LogP contribution in [0, 0.1) is 0 Å². The lowest BCUT2D eigenvalue weighted by molar-refractivity contribution is 0.834. The predicted molar refractivity (Wildman–Crippen MR) is 92.9 cm³/mol. The van der Waals surface area contributed by atoms with Crippen molar-refractivity contribution >= 4 is 16.7 Å². The Morgan fingerprint density at radius 3 is 2.48 bits per heavy atom. The largest absolute Gasteiger partial charge is 0.399 e. The minimum Gasteiger partial charge on any atom is -0.399 e. The first-order valence-electron chi connectivity index (χ1n) is 7.51. The SMILES string of the molecule is Nc1ccc2c(c1)nc(-c1ccncc1)n2Cc1ccccc1. The molecule has 112 valence electrons. The molecule has 23 heavy (non-hydrogen) atoms. The van der Waals surface area contributed by atoms with E-state index in [1.54, 1.807) is 12.4 Å². The molecule has 0 atom stereocenters. The topological polar surface area (TPSA) is 56.7 Å². The number of aromatic nitrogens is 3. The van der Waals surface area contributed by atoms with Gasteiger partial charge in [0.25, 0.3) is 0 Å². The third-order valence-electron chi connectivity index (χ3n) is 3.89. The molecule has 0 bridgehead atoms. The van der Waals surface area contributed by atoms with Crippen LogP contribution in [0.25, 0.3) is 22.4 Å². The van der Waals surface area contributed by atoms with Crippen molar-refractivity contribution in [3.05, 3.63) is 78.6 Å². The van der Waals surface area contributed by atoms with Crippen LogP contribution in [0.4, 0.5) is 5.69 Å². The molecule has 4 heteroatoms. The van der Waals surface area contributed by atoms with Gasteiger partial charge in [-0.1, -0.05) is 30.3 Å². The average molecular weight is 300 g/mol. The van der Waals surface area contributed by atoms with E-state index in [1.807, 2.05) is 36.4 Å². The van der Waals surface area contributed by atoms with Gasteiger partial charge in [0, 0.05) is 30.2 Å². The normalized spacial score (nSPS) is 11.0. The zero-order chi connectivity index (χ0) is 15.6. The lowest BCUT2D eigenvalue weighted by Crippen LogP contribution is -2.02. The van der Waals surface area contributed by atoms with Gasteiger partial charge < -0.3 is 10.3 Å². The number of nitrogen functional groups attached to an aromatic ring is 1. The van der Waals surface area contributed by atoms with E-state index < -0.39 is 0 Å². The van der Waals surface area contributed by atoms with E-state index in [2.05, 4.69) is 33.8 Å². The van der Waals surface area contributed by atoms with Gasteiger partial charge in [0.1, 0.15) is 5.82 Å². The van der Waals surface area contributed by atoms with Gasteiger partial charge in [-0.25, -0.2) is 4.98 Å². The van der Waals surface area contributed by atoms with Crippen LogP contribution in [0.1, 0.15) is 5.56 Å². The number of pyridine rings is 1. The summed E-state index contributed by atoms with van der Waals surface area (Å²) in [6.45, 7) is 0.763. The molecular formula is C19H16N4. The molecule has 0 saturated heterocycles. The Morgan fingerprint density at radius 1 is 0.913 bits per heavy atom. The molecule has 0 aliphatic heterocycles. The Balaban J connectivity index is 1.92. The van der Waals surface area contributed by atoms with Gasteiger partial charge in [-0.05, 0) is 35.9 Å². The van der Waals surface area contributed by atoms with Crippen molar-refractivity contribution in [2.75, 3.05) is 5.73 Å². The smallest absolute Gasteiger partial charge is 0.141 e. The number of imidazole rings is 1. The maximum absolute atomic E-state index is 5.92. The summed E-state index contributed by atoms with van der Waals surface area (Å²) in [6, 6.07) is 20.2. The predicted octanol–water partition coefficient (Wildman–Crippen LogP) is 3.73. The number of rotatable bonds is 3. The first kappa shape index (κ1) is 13.5. The minimum absolute atomic E-state index is 0.725. The fraction of sp³-hybridized carbons (Fsp3) is 0.0526. The summed E-state index contributed by atoms with van der Waals surface area (Å²) in [7, 11) is 0. The second-order valence-corrected chi connectivity index (χ2v) is 5.49.